The molecule has 0 aliphatic heterocycles. The minimum Gasteiger partial charge on any atom is -0.455 e. The maximum atomic E-state index is 13.8. The van der Waals surface area contributed by atoms with Crippen LogP contribution in [0.2, 0.25) is 0 Å². The van der Waals surface area contributed by atoms with Gasteiger partial charge in [-0.05, 0) is 33.3 Å². The Bertz CT molecular complexity index is 632. The molecule has 1 aromatic carbocycles. The van der Waals surface area contributed by atoms with Crippen LogP contribution < -0.4 is 0 Å². The minimum absolute atomic E-state index is 0.263. The van der Waals surface area contributed by atoms with Gasteiger partial charge >= 0.3 is 5.97 Å². The summed E-state index contributed by atoms with van der Waals surface area (Å²) in [5.74, 6) is -1.69. The van der Waals surface area contributed by atoms with E-state index in [1.165, 1.54) is 4.68 Å². The lowest BCUT2D eigenvalue weighted by Gasteiger charge is -2.20. The lowest BCUT2D eigenvalue weighted by molar-refractivity contribution is 0.00496. The minimum atomic E-state index is -0.924. The van der Waals surface area contributed by atoms with Crippen LogP contribution in [0.3, 0.4) is 0 Å². The van der Waals surface area contributed by atoms with Gasteiger partial charge in [0.2, 0.25) is 5.69 Å². The number of carbonyl (C=O) groups excluding carboxylic acids is 1. The van der Waals surface area contributed by atoms with Crippen molar-refractivity contribution in [2.75, 3.05) is 0 Å². The van der Waals surface area contributed by atoms with E-state index in [2.05, 4.69) is 10.3 Å². The number of nitrogens with zero attached hydrogens (tertiary/aromatic N) is 3. The third-order valence-electron chi connectivity index (χ3n) is 2.89. The summed E-state index contributed by atoms with van der Waals surface area (Å²) < 4.78 is 20.3. The zero-order valence-corrected chi connectivity index (χ0v) is 12.5. The second-order valence-corrected chi connectivity index (χ2v) is 5.76. The molecule has 1 aromatic heterocycles. The van der Waals surface area contributed by atoms with Crippen molar-refractivity contribution in [3.63, 3.8) is 0 Å². The van der Waals surface area contributed by atoms with Gasteiger partial charge in [0, 0.05) is 0 Å². The summed E-state index contributed by atoms with van der Waals surface area (Å²) in [7, 11) is 0. The lowest BCUT2D eigenvalue weighted by Crippen LogP contribution is -2.27. The van der Waals surface area contributed by atoms with Crippen LogP contribution in [0.15, 0.2) is 30.3 Å². The van der Waals surface area contributed by atoms with Gasteiger partial charge < -0.3 is 4.74 Å². The second kappa shape index (κ2) is 5.63. The predicted octanol–water partition coefficient (Wildman–Crippen LogP) is 2.98. The smallest absolute Gasteiger partial charge is 0.362 e. The van der Waals surface area contributed by atoms with Crippen LogP contribution in [0, 0.1) is 5.95 Å². The average molecular weight is 291 g/mol. The van der Waals surface area contributed by atoms with Crippen molar-refractivity contribution in [2.45, 2.75) is 39.3 Å². The first-order chi connectivity index (χ1) is 9.79. The van der Waals surface area contributed by atoms with Crippen molar-refractivity contribution in [3.8, 4) is 0 Å². The van der Waals surface area contributed by atoms with E-state index in [0.29, 0.717) is 0 Å². The highest BCUT2D eigenvalue weighted by Gasteiger charge is 2.28. The first kappa shape index (κ1) is 15.2. The molecule has 5 nitrogen and oxygen atoms in total. The van der Waals surface area contributed by atoms with Gasteiger partial charge in [-0.2, -0.15) is 4.39 Å². The van der Waals surface area contributed by atoms with Crippen molar-refractivity contribution in [2.24, 2.45) is 0 Å². The van der Waals surface area contributed by atoms with Gasteiger partial charge in [-0.1, -0.05) is 40.6 Å². The molecular weight excluding hydrogens is 273 g/mol. The molecule has 0 N–H and O–H groups in total. The van der Waals surface area contributed by atoms with Crippen molar-refractivity contribution in [3.05, 3.63) is 47.5 Å². The maximum Gasteiger partial charge on any atom is 0.362 e. The molecule has 0 amide bonds. The summed E-state index contributed by atoms with van der Waals surface area (Å²) in [5.41, 5.74) is -0.0808. The fraction of sp³-hybridized carbons (Fsp3) is 0.400. The third kappa shape index (κ3) is 3.45. The normalized spacial score (nSPS) is 13.0. The Labute approximate surface area is 122 Å². The SMILES string of the molecule is C[C@H](c1ccccc1)n1nnc(F)c1C(=O)OC(C)(C)C. The van der Waals surface area contributed by atoms with E-state index in [9.17, 15) is 9.18 Å². The first-order valence-corrected chi connectivity index (χ1v) is 6.68. The molecule has 112 valence electrons. The Morgan fingerprint density at radius 2 is 1.90 bits per heavy atom. The highest BCUT2D eigenvalue weighted by Crippen LogP contribution is 2.21. The van der Waals surface area contributed by atoms with Crippen LogP contribution in [0.1, 0.15) is 49.8 Å². The Kier molecular flexibility index (Phi) is 4.06. The quantitative estimate of drug-likeness (QED) is 0.816. The molecule has 0 saturated carbocycles. The van der Waals surface area contributed by atoms with Crippen LogP contribution in [0.25, 0.3) is 0 Å². The van der Waals surface area contributed by atoms with Gasteiger partial charge in [0.1, 0.15) is 5.60 Å². The molecule has 0 aliphatic rings. The van der Waals surface area contributed by atoms with Crippen molar-refractivity contribution >= 4 is 5.97 Å². The number of hydrogen-bond acceptors (Lipinski definition) is 4. The summed E-state index contributed by atoms with van der Waals surface area (Å²) in [4.78, 5) is 12.1. The zero-order chi connectivity index (χ0) is 15.6. The molecule has 0 unspecified atom stereocenters. The molecule has 2 rings (SSSR count). The summed E-state index contributed by atoms with van der Waals surface area (Å²) in [6, 6.07) is 9.04. The molecule has 21 heavy (non-hydrogen) atoms. The van der Waals surface area contributed by atoms with E-state index >= 15 is 0 Å². The number of hydrogen-bond donors (Lipinski definition) is 0. The molecule has 0 spiro atoms. The number of carbonyl (C=O) groups is 1. The predicted molar refractivity (Wildman–Crippen MR) is 75.4 cm³/mol. The van der Waals surface area contributed by atoms with Crippen LogP contribution in [-0.2, 0) is 4.74 Å². The molecule has 0 radical (unpaired) electrons. The van der Waals surface area contributed by atoms with E-state index < -0.39 is 17.5 Å². The molecule has 0 fully saturated rings. The molecule has 0 saturated heterocycles. The van der Waals surface area contributed by atoms with Gasteiger partial charge in [-0.15, -0.1) is 0 Å². The van der Waals surface area contributed by atoms with Crippen molar-refractivity contribution in [1.82, 2.24) is 15.0 Å². The van der Waals surface area contributed by atoms with Crippen LogP contribution in [0.5, 0.6) is 0 Å². The van der Waals surface area contributed by atoms with Gasteiger partial charge in [0.05, 0.1) is 6.04 Å². The lowest BCUT2D eigenvalue weighted by atomic mass is 10.1. The fourth-order valence-electron chi connectivity index (χ4n) is 1.92. The maximum absolute atomic E-state index is 13.8. The van der Waals surface area contributed by atoms with Gasteiger partial charge in [0.15, 0.2) is 0 Å². The summed E-state index contributed by atoms with van der Waals surface area (Å²) in [5, 5.41) is 7.09. The number of rotatable bonds is 3. The molecule has 6 heteroatoms. The average Bonchev–Trinajstić information content (AvgIpc) is 2.79. The number of aromatic nitrogens is 3. The Morgan fingerprint density at radius 3 is 2.48 bits per heavy atom. The van der Waals surface area contributed by atoms with E-state index in [0.717, 1.165) is 5.56 Å². The van der Waals surface area contributed by atoms with Gasteiger partial charge in [0.25, 0.3) is 5.95 Å². The number of benzene rings is 1. The number of ether oxygens (including phenoxy) is 1. The highest BCUT2D eigenvalue weighted by molar-refractivity contribution is 5.87. The summed E-state index contributed by atoms with van der Waals surface area (Å²) >= 11 is 0. The zero-order valence-electron chi connectivity index (χ0n) is 12.5. The molecule has 1 atom stereocenters. The van der Waals surface area contributed by atoms with Crippen LogP contribution in [0.4, 0.5) is 4.39 Å². The Hall–Kier alpha value is -2.24. The van der Waals surface area contributed by atoms with E-state index in [-0.39, 0.29) is 11.7 Å². The van der Waals surface area contributed by atoms with E-state index in [1.807, 2.05) is 37.3 Å². The van der Waals surface area contributed by atoms with Crippen molar-refractivity contribution in [1.29, 1.82) is 0 Å². The molecule has 1 heterocycles. The van der Waals surface area contributed by atoms with E-state index in [1.54, 1.807) is 20.8 Å². The Morgan fingerprint density at radius 1 is 1.29 bits per heavy atom. The van der Waals surface area contributed by atoms with Crippen molar-refractivity contribution < 1.29 is 13.9 Å². The van der Waals surface area contributed by atoms with Gasteiger partial charge in [-0.25, -0.2) is 9.48 Å². The monoisotopic (exact) mass is 291 g/mol. The third-order valence-corrected chi connectivity index (χ3v) is 2.89. The van der Waals surface area contributed by atoms with Crippen LogP contribution in [-0.4, -0.2) is 26.6 Å². The fourth-order valence-corrected chi connectivity index (χ4v) is 1.92. The first-order valence-electron chi connectivity index (χ1n) is 6.68. The number of esters is 1. The molecule has 2 aromatic rings. The number of halogens is 1. The second-order valence-electron chi connectivity index (χ2n) is 5.76. The van der Waals surface area contributed by atoms with Crippen LogP contribution >= 0.6 is 0 Å². The molecular formula is C15H18FN3O2. The van der Waals surface area contributed by atoms with Gasteiger partial charge in [-0.3, -0.25) is 0 Å². The summed E-state index contributed by atoms with van der Waals surface area (Å²) in [6.07, 6.45) is 0. The Balaban J connectivity index is 2.36. The topological polar surface area (TPSA) is 57.0 Å². The highest BCUT2D eigenvalue weighted by atomic mass is 19.1. The van der Waals surface area contributed by atoms with E-state index in [4.69, 9.17) is 4.74 Å². The standard InChI is InChI=1S/C15H18FN3O2/c1-10(11-8-6-5-7-9-11)19-12(13(16)17-18-19)14(20)21-15(2,3)4/h5-10H,1-4H3/t10-/m1/s1. The largest absolute Gasteiger partial charge is 0.455 e. The molecule has 0 bridgehead atoms. The summed E-state index contributed by atoms with van der Waals surface area (Å²) in [6.45, 7) is 6.98. The molecule has 0 aliphatic carbocycles.